The van der Waals surface area contributed by atoms with Crippen molar-refractivity contribution in [2.45, 2.75) is 75.0 Å². The van der Waals surface area contributed by atoms with Crippen molar-refractivity contribution in [3.05, 3.63) is 59.3 Å². The van der Waals surface area contributed by atoms with Gasteiger partial charge in [-0.05, 0) is 74.3 Å². The summed E-state index contributed by atoms with van der Waals surface area (Å²) in [7, 11) is -3.36. The molecule has 2 aromatic carbocycles. The SMILES string of the molecule is CCS(=O)(=O)c1ccc([C@H](CO)NC(=O)c2ccc3c(C4CC4)n(C[C@H]4CC[C@H](C(F)(F)F)CC4)nc3c2)cc1. The lowest BCUT2D eigenvalue weighted by Gasteiger charge is -2.30. The maximum absolute atomic E-state index is 13.1. The van der Waals surface area contributed by atoms with Gasteiger partial charge in [-0.15, -0.1) is 0 Å². The van der Waals surface area contributed by atoms with E-state index in [1.165, 1.54) is 12.1 Å². The molecule has 2 N–H and O–H groups in total. The van der Waals surface area contributed by atoms with Crippen LogP contribution in [0.25, 0.3) is 10.9 Å². The van der Waals surface area contributed by atoms with Gasteiger partial charge in [0.2, 0.25) is 0 Å². The minimum Gasteiger partial charge on any atom is -0.394 e. The number of nitrogens with one attached hydrogen (secondary N) is 1. The lowest BCUT2D eigenvalue weighted by molar-refractivity contribution is -0.184. The van der Waals surface area contributed by atoms with Crippen LogP contribution in [0.4, 0.5) is 13.2 Å². The summed E-state index contributed by atoms with van der Waals surface area (Å²) in [6, 6.07) is 10.7. The molecule has 0 bridgehead atoms. The summed E-state index contributed by atoms with van der Waals surface area (Å²) in [6.45, 7) is 1.77. The number of carbonyl (C=O) groups excluding carboxylic acids is 1. The molecule has 40 heavy (non-hydrogen) atoms. The Bertz CT molecular complexity index is 1470. The quantitative estimate of drug-likeness (QED) is 0.348. The molecule has 1 atom stereocenters. The number of alkyl halides is 3. The van der Waals surface area contributed by atoms with Crippen LogP contribution in [0, 0.1) is 11.8 Å². The molecular weight excluding hydrogens is 543 g/mol. The number of amides is 1. The Morgan fingerprint density at radius 1 is 1.07 bits per heavy atom. The Hall–Kier alpha value is -2.92. The number of aliphatic hydroxyl groups is 1. The molecule has 2 fully saturated rings. The van der Waals surface area contributed by atoms with E-state index in [1.54, 1.807) is 31.2 Å². The molecule has 2 aliphatic rings. The Labute approximate surface area is 231 Å². The maximum atomic E-state index is 13.1. The molecule has 3 aromatic rings. The van der Waals surface area contributed by atoms with Crippen molar-refractivity contribution in [3.8, 4) is 0 Å². The summed E-state index contributed by atoms with van der Waals surface area (Å²) in [5, 5.41) is 18.5. The standard InChI is InChI=1S/C29H34F3N3O4S/c1-2-40(38,39)23-12-7-19(8-13-23)26(17-36)33-28(37)21-9-14-24-25(15-21)34-35(27(24)20-5-6-20)16-18-3-10-22(11-4-18)29(30,31)32/h7-9,12-15,18,20,22,26,36H,2-6,10-11,16-17H2,1H3,(H,33,37)/t18-,22-,26-/m0/s1. The molecule has 2 saturated carbocycles. The first-order valence-corrected chi connectivity index (χ1v) is 15.5. The van der Waals surface area contributed by atoms with Crippen LogP contribution in [0.1, 0.15) is 79.0 Å². The zero-order valence-corrected chi connectivity index (χ0v) is 23.1. The minimum atomic E-state index is -4.13. The molecular formula is C29H34F3N3O4S. The fraction of sp³-hybridized carbons (Fsp3) is 0.517. The molecule has 216 valence electrons. The number of benzene rings is 2. The van der Waals surface area contributed by atoms with Crippen molar-refractivity contribution in [3.63, 3.8) is 0 Å². The third kappa shape index (κ3) is 6.05. The van der Waals surface area contributed by atoms with Gasteiger partial charge in [0, 0.05) is 29.1 Å². The fourth-order valence-electron chi connectivity index (χ4n) is 5.69. The molecule has 11 heteroatoms. The first-order valence-electron chi connectivity index (χ1n) is 13.8. The highest BCUT2D eigenvalue weighted by Crippen LogP contribution is 2.45. The summed E-state index contributed by atoms with van der Waals surface area (Å²) in [5.41, 5.74) is 2.70. The summed E-state index contributed by atoms with van der Waals surface area (Å²) >= 11 is 0. The molecule has 2 aliphatic carbocycles. The van der Waals surface area contributed by atoms with E-state index in [2.05, 4.69) is 5.32 Å². The van der Waals surface area contributed by atoms with Crippen LogP contribution in [0.3, 0.4) is 0 Å². The zero-order valence-electron chi connectivity index (χ0n) is 22.3. The number of halogens is 3. The van der Waals surface area contributed by atoms with E-state index in [4.69, 9.17) is 5.10 Å². The average Bonchev–Trinajstić information content (AvgIpc) is 3.71. The van der Waals surface area contributed by atoms with Crippen LogP contribution in [0.15, 0.2) is 47.4 Å². The van der Waals surface area contributed by atoms with E-state index >= 15 is 0 Å². The van der Waals surface area contributed by atoms with Gasteiger partial charge < -0.3 is 10.4 Å². The first-order chi connectivity index (χ1) is 19.0. The van der Waals surface area contributed by atoms with Crippen molar-refractivity contribution in [1.82, 2.24) is 15.1 Å². The van der Waals surface area contributed by atoms with Gasteiger partial charge in [0.1, 0.15) is 0 Å². The van der Waals surface area contributed by atoms with Crippen molar-refractivity contribution in [2.75, 3.05) is 12.4 Å². The number of rotatable bonds is 9. The van der Waals surface area contributed by atoms with Crippen LogP contribution in [-0.4, -0.2) is 47.7 Å². The second-order valence-corrected chi connectivity index (χ2v) is 13.3. The fourth-order valence-corrected chi connectivity index (χ4v) is 6.57. The molecule has 0 aliphatic heterocycles. The number of nitrogens with zero attached hydrogens (tertiary/aromatic N) is 2. The van der Waals surface area contributed by atoms with Crippen LogP contribution >= 0.6 is 0 Å². The molecule has 0 unspecified atom stereocenters. The van der Waals surface area contributed by atoms with Gasteiger partial charge in [-0.1, -0.05) is 25.1 Å². The molecule has 0 spiro atoms. The predicted octanol–water partition coefficient (Wildman–Crippen LogP) is 5.54. The van der Waals surface area contributed by atoms with Gasteiger partial charge in [0.25, 0.3) is 5.91 Å². The monoisotopic (exact) mass is 577 g/mol. The molecule has 1 amide bonds. The van der Waals surface area contributed by atoms with E-state index in [0.29, 0.717) is 41.9 Å². The lowest BCUT2D eigenvalue weighted by atomic mass is 9.81. The highest BCUT2D eigenvalue weighted by molar-refractivity contribution is 7.91. The minimum absolute atomic E-state index is 0.0214. The van der Waals surface area contributed by atoms with E-state index in [-0.39, 0.29) is 36.0 Å². The number of aromatic nitrogens is 2. The van der Waals surface area contributed by atoms with Gasteiger partial charge in [-0.2, -0.15) is 18.3 Å². The number of aliphatic hydroxyl groups excluding tert-OH is 1. The van der Waals surface area contributed by atoms with E-state index in [0.717, 1.165) is 23.9 Å². The molecule has 7 nitrogen and oxygen atoms in total. The topological polar surface area (TPSA) is 101 Å². The Morgan fingerprint density at radius 3 is 2.33 bits per heavy atom. The molecule has 5 rings (SSSR count). The van der Waals surface area contributed by atoms with Crippen molar-refractivity contribution in [1.29, 1.82) is 0 Å². The molecule has 0 saturated heterocycles. The van der Waals surface area contributed by atoms with Gasteiger partial charge >= 0.3 is 6.18 Å². The summed E-state index contributed by atoms with van der Waals surface area (Å²) in [6.07, 6.45) is -0.697. The van der Waals surface area contributed by atoms with Crippen LogP contribution < -0.4 is 5.32 Å². The summed E-state index contributed by atoms with van der Waals surface area (Å²) < 4.78 is 65.4. The highest BCUT2D eigenvalue weighted by Gasteiger charge is 2.41. The Kier molecular flexibility index (Phi) is 7.98. The van der Waals surface area contributed by atoms with Crippen molar-refractivity contribution < 1.29 is 31.5 Å². The second-order valence-electron chi connectivity index (χ2n) is 11.0. The normalized spacial score (nSPS) is 20.9. The van der Waals surface area contributed by atoms with Crippen molar-refractivity contribution in [2.24, 2.45) is 11.8 Å². The number of hydrogen-bond acceptors (Lipinski definition) is 5. The summed E-state index contributed by atoms with van der Waals surface area (Å²) in [5.74, 6) is -1.13. The van der Waals surface area contributed by atoms with E-state index < -0.39 is 33.9 Å². The molecule has 1 aromatic heterocycles. The third-order valence-electron chi connectivity index (χ3n) is 8.26. The second kappa shape index (κ2) is 11.2. The van der Waals surface area contributed by atoms with Crippen LogP contribution in [0.5, 0.6) is 0 Å². The smallest absolute Gasteiger partial charge is 0.391 e. The van der Waals surface area contributed by atoms with Gasteiger partial charge in [-0.3, -0.25) is 9.48 Å². The zero-order chi connectivity index (χ0) is 28.7. The lowest BCUT2D eigenvalue weighted by Crippen LogP contribution is -2.30. The van der Waals surface area contributed by atoms with E-state index in [9.17, 15) is 31.5 Å². The number of fused-ring (bicyclic) bond motifs is 1. The van der Waals surface area contributed by atoms with Gasteiger partial charge in [-0.25, -0.2) is 8.42 Å². The van der Waals surface area contributed by atoms with Gasteiger partial charge in [0.05, 0.1) is 34.7 Å². The third-order valence-corrected chi connectivity index (χ3v) is 10.0. The largest absolute Gasteiger partial charge is 0.394 e. The maximum Gasteiger partial charge on any atom is 0.391 e. The van der Waals surface area contributed by atoms with E-state index in [1.807, 2.05) is 10.7 Å². The number of hydrogen-bond donors (Lipinski definition) is 2. The van der Waals surface area contributed by atoms with Crippen molar-refractivity contribution >= 4 is 26.6 Å². The number of carbonyl (C=O) groups is 1. The van der Waals surface area contributed by atoms with Gasteiger partial charge in [0.15, 0.2) is 9.84 Å². The predicted molar refractivity (Wildman–Crippen MR) is 145 cm³/mol. The number of sulfone groups is 1. The molecule has 0 radical (unpaired) electrons. The highest BCUT2D eigenvalue weighted by atomic mass is 32.2. The summed E-state index contributed by atoms with van der Waals surface area (Å²) in [4.78, 5) is 13.3. The average molecular weight is 578 g/mol. The Morgan fingerprint density at radius 2 is 1.75 bits per heavy atom. The molecule has 1 heterocycles. The van der Waals surface area contributed by atoms with Crippen LogP contribution in [0.2, 0.25) is 0 Å². The van der Waals surface area contributed by atoms with Crippen LogP contribution in [-0.2, 0) is 16.4 Å². The Balaban J connectivity index is 1.32. The first kappa shape index (κ1) is 28.6.